The highest BCUT2D eigenvalue weighted by Gasteiger charge is 2.36. The third-order valence-electron chi connectivity index (χ3n) is 3.74. The van der Waals surface area contributed by atoms with Crippen LogP contribution in [0.3, 0.4) is 0 Å². The summed E-state index contributed by atoms with van der Waals surface area (Å²) < 4.78 is 5.19. The van der Waals surface area contributed by atoms with Gasteiger partial charge in [0.15, 0.2) is 0 Å². The van der Waals surface area contributed by atoms with Gasteiger partial charge in [-0.05, 0) is 18.1 Å². The Kier molecular flexibility index (Phi) is 4.85. The van der Waals surface area contributed by atoms with Crippen LogP contribution in [0.1, 0.15) is 26.0 Å². The number of furan rings is 1. The van der Waals surface area contributed by atoms with E-state index in [0.717, 1.165) is 0 Å². The third-order valence-corrected chi connectivity index (χ3v) is 3.74. The minimum absolute atomic E-state index is 0.0942. The normalized spacial score (nSPS) is 19.5. The zero-order valence-corrected chi connectivity index (χ0v) is 12.6. The lowest BCUT2D eigenvalue weighted by Crippen LogP contribution is -2.47. The van der Waals surface area contributed by atoms with Gasteiger partial charge in [-0.1, -0.05) is 13.8 Å². The van der Waals surface area contributed by atoms with Gasteiger partial charge in [-0.15, -0.1) is 0 Å². The summed E-state index contributed by atoms with van der Waals surface area (Å²) in [5.74, 6) is -1.69. The second-order valence-corrected chi connectivity index (χ2v) is 5.82. The number of nitrogens with zero attached hydrogens (tertiary/aromatic N) is 1. The number of hydrogen-bond acceptors (Lipinski definition) is 4. The van der Waals surface area contributed by atoms with Gasteiger partial charge in [0, 0.05) is 13.0 Å². The average Bonchev–Trinajstić information content (AvgIpc) is 3.06. The molecule has 2 rings (SSSR count). The van der Waals surface area contributed by atoms with E-state index in [1.54, 1.807) is 30.9 Å². The molecule has 0 spiro atoms. The molecule has 2 atom stereocenters. The number of carbonyl (C=O) groups excluding carboxylic acids is 2. The third kappa shape index (κ3) is 3.66. The van der Waals surface area contributed by atoms with Crippen LogP contribution in [0, 0.1) is 11.8 Å². The van der Waals surface area contributed by atoms with Crippen molar-refractivity contribution in [2.24, 2.45) is 11.8 Å². The van der Waals surface area contributed by atoms with Crippen LogP contribution in [0.25, 0.3) is 0 Å². The van der Waals surface area contributed by atoms with Crippen LogP contribution in [0.2, 0.25) is 0 Å². The summed E-state index contributed by atoms with van der Waals surface area (Å²) in [4.78, 5) is 36.8. The monoisotopic (exact) mass is 308 g/mol. The quantitative estimate of drug-likeness (QED) is 0.811. The maximum atomic E-state index is 12.2. The molecule has 2 amide bonds. The van der Waals surface area contributed by atoms with Gasteiger partial charge in [-0.25, -0.2) is 4.79 Å². The predicted molar refractivity (Wildman–Crippen MR) is 76.6 cm³/mol. The highest BCUT2D eigenvalue weighted by molar-refractivity contribution is 5.91. The number of nitrogens with one attached hydrogen (secondary N) is 1. The van der Waals surface area contributed by atoms with Crippen molar-refractivity contribution in [3.8, 4) is 0 Å². The first-order valence-corrected chi connectivity index (χ1v) is 7.21. The van der Waals surface area contributed by atoms with E-state index in [0.29, 0.717) is 12.3 Å². The minimum Gasteiger partial charge on any atom is -0.480 e. The maximum Gasteiger partial charge on any atom is 0.326 e. The number of likely N-dealkylation sites (tertiary alicyclic amines) is 1. The lowest BCUT2D eigenvalue weighted by Gasteiger charge is -2.20. The Bertz CT molecular complexity index is 552. The van der Waals surface area contributed by atoms with Crippen LogP contribution in [0.15, 0.2) is 22.8 Å². The fourth-order valence-corrected chi connectivity index (χ4v) is 2.48. The van der Waals surface area contributed by atoms with Crippen LogP contribution in [-0.2, 0) is 20.9 Å². The van der Waals surface area contributed by atoms with Gasteiger partial charge < -0.3 is 19.7 Å². The van der Waals surface area contributed by atoms with E-state index < -0.39 is 23.8 Å². The maximum absolute atomic E-state index is 12.2. The number of carboxylic acid groups (broad SMARTS) is 1. The second-order valence-electron chi connectivity index (χ2n) is 5.82. The smallest absolute Gasteiger partial charge is 0.326 e. The van der Waals surface area contributed by atoms with Gasteiger partial charge in [-0.2, -0.15) is 0 Å². The first kappa shape index (κ1) is 16.1. The molecule has 1 saturated heterocycles. The molecule has 0 saturated carbocycles. The molecular weight excluding hydrogens is 288 g/mol. The molecule has 1 aromatic heterocycles. The molecule has 120 valence electrons. The first-order chi connectivity index (χ1) is 10.4. The van der Waals surface area contributed by atoms with Gasteiger partial charge >= 0.3 is 5.97 Å². The molecule has 7 heteroatoms. The molecule has 0 radical (unpaired) electrons. The van der Waals surface area contributed by atoms with E-state index in [2.05, 4.69) is 5.32 Å². The van der Waals surface area contributed by atoms with Crippen LogP contribution in [0.5, 0.6) is 0 Å². The molecule has 2 N–H and O–H groups in total. The molecule has 0 aromatic carbocycles. The predicted octanol–water partition coefficient (Wildman–Crippen LogP) is 0.853. The summed E-state index contributed by atoms with van der Waals surface area (Å²) in [6.45, 7) is 4.04. The minimum atomic E-state index is -1.07. The van der Waals surface area contributed by atoms with Crippen molar-refractivity contribution in [2.75, 3.05) is 6.54 Å². The van der Waals surface area contributed by atoms with Gasteiger partial charge in [0.05, 0.1) is 18.7 Å². The lowest BCUT2D eigenvalue weighted by molar-refractivity contribution is -0.143. The fourth-order valence-electron chi connectivity index (χ4n) is 2.48. The summed E-state index contributed by atoms with van der Waals surface area (Å²) in [7, 11) is 0. The number of carboxylic acids is 1. The van der Waals surface area contributed by atoms with E-state index in [4.69, 9.17) is 9.52 Å². The molecular formula is C15H20N2O5. The lowest BCUT2D eigenvalue weighted by atomic mass is 10.0. The van der Waals surface area contributed by atoms with Crippen LogP contribution in [-0.4, -0.2) is 40.4 Å². The first-order valence-electron chi connectivity index (χ1n) is 7.21. The highest BCUT2D eigenvalue weighted by Crippen LogP contribution is 2.21. The zero-order chi connectivity index (χ0) is 16.3. The van der Waals surface area contributed by atoms with Crippen molar-refractivity contribution < 1.29 is 23.9 Å². The van der Waals surface area contributed by atoms with Crippen molar-refractivity contribution >= 4 is 17.8 Å². The largest absolute Gasteiger partial charge is 0.480 e. The van der Waals surface area contributed by atoms with Crippen LogP contribution >= 0.6 is 0 Å². The number of rotatable bonds is 6. The van der Waals surface area contributed by atoms with E-state index in [1.807, 2.05) is 0 Å². The zero-order valence-electron chi connectivity index (χ0n) is 12.6. The topological polar surface area (TPSA) is 99.9 Å². The molecule has 2 heterocycles. The second kappa shape index (κ2) is 6.64. The Hall–Kier alpha value is -2.31. The molecule has 1 aliphatic heterocycles. The summed E-state index contributed by atoms with van der Waals surface area (Å²) in [5, 5.41) is 11.6. The van der Waals surface area contributed by atoms with Crippen molar-refractivity contribution in [1.29, 1.82) is 0 Å². The van der Waals surface area contributed by atoms with Crippen LogP contribution < -0.4 is 5.32 Å². The standard InChI is InChI=1S/C15H20N2O5/c1-9(2)13(15(20)21)16-14(19)10-6-12(18)17(7-10)8-11-4-3-5-22-11/h3-5,9-10,13H,6-8H2,1-2H3,(H,16,19)(H,20,21)/t10?,13-/m0/s1. The van der Waals surface area contributed by atoms with Crippen molar-refractivity contribution in [3.05, 3.63) is 24.2 Å². The van der Waals surface area contributed by atoms with Gasteiger partial charge in [0.2, 0.25) is 11.8 Å². The fraction of sp³-hybridized carbons (Fsp3) is 0.533. The SMILES string of the molecule is CC(C)[C@H](NC(=O)C1CC(=O)N(Cc2ccco2)C1)C(=O)O. The Morgan fingerprint density at radius 3 is 2.77 bits per heavy atom. The summed E-state index contributed by atoms with van der Waals surface area (Å²) >= 11 is 0. The molecule has 0 aliphatic carbocycles. The molecule has 7 nitrogen and oxygen atoms in total. The molecule has 1 aromatic rings. The Morgan fingerprint density at radius 2 is 2.23 bits per heavy atom. The van der Waals surface area contributed by atoms with Gasteiger partial charge in [0.1, 0.15) is 11.8 Å². The number of amides is 2. The van der Waals surface area contributed by atoms with Gasteiger partial charge in [-0.3, -0.25) is 9.59 Å². The van der Waals surface area contributed by atoms with E-state index in [9.17, 15) is 14.4 Å². The number of carbonyl (C=O) groups is 3. The van der Waals surface area contributed by atoms with E-state index >= 15 is 0 Å². The summed E-state index contributed by atoms with van der Waals surface area (Å²) in [6.07, 6.45) is 1.62. The molecule has 22 heavy (non-hydrogen) atoms. The van der Waals surface area contributed by atoms with Crippen molar-refractivity contribution in [1.82, 2.24) is 10.2 Å². The summed E-state index contributed by atoms with van der Waals surface area (Å²) in [5.41, 5.74) is 0. The highest BCUT2D eigenvalue weighted by atomic mass is 16.4. The molecule has 0 bridgehead atoms. The molecule has 1 fully saturated rings. The Morgan fingerprint density at radius 1 is 1.50 bits per heavy atom. The number of hydrogen-bond donors (Lipinski definition) is 2. The Balaban J connectivity index is 1.94. The summed E-state index contributed by atoms with van der Waals surface area (Å²) in [6, 6.07) is 2.56. The van der Waals surface area contributed by atoms with Crippen molar-refractivity contribution in [2.45, 2.75) is 32.9 Å². The Labute approximate surface area is 128 Å². The number of aliphatic carboxylic acids is 1. The van der Waals surface area contributed by atoms with Crippen molar-refractivity contribution in [3.63, 3.8) is 0 Å². The van der Waals surface area contributed by atoms with E-state index in [-0.39, 0.29) is 24.8 Å². The molecule has 1 aliphatic rings. The van der Waals surface area contributed by atoms with Crippen LogP contribution in [0.4, 0.5) is 0 Å². The average molecular weight is 308 g/mol. The van der Waals surface area contributed by atoms with Gasteiger partial charge in [0.25, 0.3) is 0 Å². The van der Waals surface area contributed by atoms with E-state index in [1.165, 1.54) is 6.26 Å². The molecule has 1 unspecified atom stereocenters.